The number of benzene rings is 1. The van der Waals surface area contributed by atoms with Gasteiger partial charge in [0.05, 0.1) is 11.4 Å². The van der Waals surface area contributed by atoms with Crippen LogP contribution in [0.3, 0.4) is 0 Å². The fourth-order valence-electron chi connectivity index (χ4n) is 9.36. The number of hydrogen-bond donors (Lipinski definition) is 1. The Kier molecular flexibility index (Phi) is 4.32. The Labute approximate surface area is 201 Å². The zero-order valence-corrected chi connectivity index (χ0v) is 20.6. The Bertz CT molecular complexity index is 1150. The summed E-state index contributed by atoms with van der Waals surface area (Å²) in [7, 11) is 0. The number of aromatic nitrogens is 2. The van der Waals surface area contributed by atoms with Gasteiger partial charge in [0.2, 0.25) is 0 Å². The quantitative estimate of drug-likeness (QED) is 0.579. The molecular weight excluding hydrogens is 425 g/mol. The van der Waals surface area contributed by atoms with Crippen molar-refractivity contribution in [2.24, 2.45) is 28.6 Å². The molecule has 1 heterocycles. The van der Waals surface area contributed by atoms with Gasteiger partial charge in [-0.05, 0) is 110 Å². The molecule has 1 aromatic heterocycles. The third kappa shape index (κ3) is 2.88. The van der Waals surface area contributed by atoms with Crippen LogP contribution < -0.4 is 5.32 Å². The predicted molar refractivity (Wildman–Crippen MR) is 130 cm³/mol. The number of halogens is 1. The molecule has 4 fully saturated rings. The smallest absolute Gasteiger partial charge is 0.272 e. The fourth-order valence-corrected chi connectivity index (χ4v) is 9.36. The molecule has 6 bridgehead atoms. The number of amides is 1. The Balaban J connectivity index is 1.33. The second kappa shape index (κ2) is 6.95. The van der Waals surface area contributed by atoms with Crippen LogP contribution in [-0.2, 0) is 0 Å². The van der Waals surface area contributed by atoms with Gasteiger partial charge in [-0.15, -0.1) is 0 Å². The van der Waals surface area contributed by atoms with Gasteiger partial charge in [-0.25, -0.2) is 9.07 Å². The number of carbonyl (C=O) groups excluding carboxylic acids is 1. The number of carbonyl (C=O) groups is 1. The molecular formula is C29H36FN3O. The second-order valence-electron chi connectivity index (χ2n) is 13.2. The Morgan fingerprint density at radius 2 is 1.71 bits per heavy atom. The van der Waals surface area contributed by atoms with Gasteiger partial charge in [0.15, 0.2) is 5.69 Å². The molecule has 34 heavy (non-hydrogen) atoms. The van der Waals surface area contributed by atoms with Crippen LogP contribution in [0.15, 0.2) is 24.3 Å². The predicted octanol–water partition coefficient (Wildman–Crippen LogP) is 6.35. The van der Waals surface area contributed by atoms with E-state index in [2.05, 4.69) is 26.1 Å². The maximum atomic E-state index is 14.0. The van der Waals surface area contributed by atoms with Crippen LogP contribution in [0, 0.1) is 34.4 Å². The van der Waals surface area contributed by atoms with E-state index in [1.807, 2.05) is 4.68 Å². The lowest BCUT2D eigenvalue weighted by atomic mass is 9.67. The molecule has 4 saturated carbocycles. The first-order chi connectivity index (χ1) is 16.2. The third-order valence-electron chi connectivity index (χ3n) is 10.7. The van der Waals surface area contributed by atoms with Crippen molar-refractivity contribution < 1.29 is 9.18 Å². The summed E-state index contributed by atoms with van der Waals surface area (Å²) in [6.07, 6.45) is 9.79. The van der Waals surface area contributed by atoms with Gasteiger partial charge in [-0.3, -0.25) is 4.79 Å². The van der Waals surface area contributed by atoms with E-state index in [4.69, 9.17) is 5.10 Å². The number of fused-ring (bicyclic) bond motifs is 2. The van der Waals surface area contributed by atoms with E-state index in [0.29, 0.717) is 23.4 Å². The first-order valence-electron chi connectivity index (χ1n) is 13.4. The number of hydrogen-bond acceptors (Lipinski definition) is 2. The molecule has 2 aromatic rings. The molecule has 5 atom stereocenters. The Morgan fingerprint density at radius 1 is 1.03 bits per heavy atom. The van der Waals surface area contributed by atoms with Crippen molar-refractivity contribution in [3.63, 3.8) is 0 Å². The maximum Gasteiger partial charge on any atom is 0.272 e. The van der Waals surface area contributed by atoms with Crippen LogP contribution >= 0.6 is 0 Å². The minimum absolute atomic E-state index is 0.00480. The van der Waals surface area contributed by atoms with Gasteiger partial charge in [-0.1, -0.05) is 20.8 Å². The van der Waals surface area contributed by atoms with Gasteiger partial charge in [-0.2, -0.15) is 5.10 Å². The van der Waals surface area contributed by atoms with Crippen LogP contribution in [0.5, 0.6) is 0 Å². The lowest BCUT2D eigenvalue weighted by molar-refractivity contribution is 0.0730. The summed E-state index contributed by atoms with van der Waals surface area (Å²) in [6, 6.07) is 6.79. The summed E-state index contributed by atoms with van der Waals surface area (Å²) in [6.45, 7) is 7.04. The van der Waals surface area contributed by atoms with Crippen molar-refractivity contribution in [2.45, 2.75) is 90.0 Å². The standard InChI is InChI=1S/C29H36FN3O/c1-28(2)20-8-9-29(3,15-20)27(28)31-26(34)24-23-18-11-16-10-17(12-18)14-19(13-16)25(23)33(32-24)22-6-4-21(30)5-7-22/h4-7,16-20,27H,8-15H2,1-3H3,(H,31,34). The van der Waals surface area contributed by atoms with E-state index >= 15 is 0 Å². The van der Waals surface area contributed by atoms with Gasteiger partial charge < -0.3 is 5.32 Å². The number of rotatable bonds is 3. The molecule has 8 rings (SSSR count). The van der Waals surface area contributed by atoms with Gasteiger partial charge in [0.25, 0.3) is 5.91 Å². The summed E-state index contributed by atoms with van der Waals surface area (Å²) in [4.78, 5) is 14.0. The topological polar surface area (TPSA) is 46.9 Å². The minimum Gasteiger partial charge on any atom is -0.347 e. The summed E-state index contributed by atoms with van der Waals surface area (Å²) >= 11 is 0. The number of nitrogens with zero attached hydrogens (tertiary/aromatic N) is 2. The van der Waals surface area contributed by atoms with Crippen LogP contribution in [0.25, 0.3) is 5.69 Å². The van der Waals surface area contributed by atoms with E-state index in [1.54, 1.807) is 12.1 Å². The van der Waals surface area contributed by atoms with E-state index in [0.717, 1.165) is 17.5 Å². The van der Waals surface area contributed by atoms with Crippen molar-refractivity contribution in [1.82, 2.24) is 15.1 Å². The molecule has 0 radical (unpaired) electrons. The van der Waals surface area contributed by atoms with Gasteiger partial charge in [0.1, 0.15) is 5.82 Å². The molecule has 1 N–H and O–H groups in total. The lowest BCUT2D eigenvalue weighted by Gasteiger charge is -2.43. The van der Waals surface area contributed by atoms with Gasteiger partial charge in [0, 0.05) is 17.5 Å². The highest BCUT2D eigenvalue weighted by Crippen LogP contribution is 2.62. The third-order valence-corrected chi connectivity index (χ3v) is 10.7. The monoisotopic (exact) mass is 461 g/mol. The molecule has 0 aliphatic heterocycles. The molecule has 4 nitrogen and oxygen atoms in total. The molecule has 1 aromatic carbocycles. The van der Waals surface area contributed by atoms with E-state index in [1.165, 1.54) is 74.8 Å². The highest BCUT2D eigenvalue weighted by molar-refractivity contribution is 5.95. The van der Waals surface area contributed by atoms with Gasteiger partial charge >= 0.3 is 0 Å². The number of nitrogens with one attached hydrogen (secondary N) is 1. The molecule has 5 unspecified atom stereocenters. The SMILES string of the molecule is CC12CCC(C1)C(C)(C)C2NC(=O)c1nn(-c2ccc(F)cc2)c2c1C1CC3CC(C1)CC2C3. The van der Waals surface area contributed by atoms with Crippen molar-refractivity contribution in [2.75, 3.05) is 0 Å². The van der Waals surface area contributed by atoms with E-state index in [-0.39, 0.29) is 28.6 Å². The van der Waals surface area contributed by atoms with Crippen LogP contribution in [0.1, 0.15) is 106 Å². The minimum atomic E-state index is -0.244. The van der Waals surface area contributed by atoms with Crippen LogP contribution in [0.2, 0.25) is 0 Å². The zero-order chi connectivity index (χ0) is 23.4. The zero-order valence-electron chi connectivity index (χ0n) is 20.6. The van der Waals surface area contributed by atoms with Crippen molar-refractivity contribution in [3.8, 4) is 5.69 Å². The van der Waals surface area contributed by atoms with Crippen LogP contribution in [-0.4, -0.2) is 21.7 Å². The lowest BCUT2D eigenvalue weighted by Crippen LogP contribution is -2.52. The first-order valence-corrected chi connectivity index (χ1v) is 13.4. The molecule has 1 amide bonds. The molecule has 0 spiro atoms. The molecule has 180 valence electrons. The maximum absolute atomic E-state index is 14.0. The summed E-state index contributed by atoms with van der Waals surface area (Å²) in [5, 5.41) is 8.54. The molecule has 5 heteroatoms. The average Bonchev–Trinajstić information content (AvgIpc) is 3.39. The Morgan fingerprint density at radius 3 is 2.35 bits per heavy atom. The van der Waals surface area contributed by atoms with Crippen molar-refractivity contribution >= 4 is 5.91 Å². The molecule has 6 aliphatic carbocycles. The second-order valence-corrected chi connectivity index (χ2v) is 13.2. The summed E-state index contributed by atoms with van der Waals surface area (Å²) in [5.74, 6) is 2.83. The molecule has 6 aliphatic rings. The average molecular weight is 462 g/mol. The van der Waals surface area contributed by atoms with E-state index in [9.17, 15) is 9.18 Å². The van der Waals surface area contributed by atoms with Crippen molar-refractivity contribution in [3.05, 3.63) is 47.0 Å². The Hall–Kier alpha value is -2.17. The highest BCUT2D eigenvalue weighted by atomic mass is 19.1. The summed E-state index contributed by atoms with van der Waals surface area (Å²) in [5.41, 5.74) is 4.24. The first kappa shape index (κ1) is 21.1. The van der Waals surface area contributed by atoms with Crippen molar-refractivity contribution in [1.29, 1.82) is 0 Å². The molecule has 0 saturated heterocycles. The summed E-state index contributed by atoms with van der Waals surface area (Å²) < 4.78 is 15.7. The van der Waals surface area contributed by atoms with E-state index < -0.39 is 0 Å². The van der Waals surface area contributed by atoms with Crippen LogP contribution in [0.4, 0.5) is 4.39 Å². The largest absolute Gasteiger partial charge is 0.347 e. The fraction of sp³-hybridized carbons (Fsp3) is 0.655. The normalized spacial score (nSPS) is 38.7. The highest BCUT2D eigenvalue weighted by Gasteiger charge is 2.60.